The molecular formula is C14H18ClFN2O. The van der Waals surface area contributed by atoms with Crippen LogP contribution in [0, 0.1) is 11.2 Å². The first-order chi connectivity index (χ1) is 9.00. The Morgan fingerprint density at radius 3 is 3.00 bits per heavy atom. The van der Waals surface area contributed by atoms with Gasteiger partial charge in [0.15, 0.2) is 0 Å². The van der Waals surface area contributed by atoms with E-state index >= 15 is 0 Å². The van der Waals surface area contributed by atoms with Crippen molar-refractivity contribution in [2.75, 3.05) is 19.6 Å². The third-order valence-electron chi connectivity index (χ3n) is 3.54. The molecule has 1 fully saturated rings. The number of carbonyl (C=O) groups is 1. The summed E-state index contributed by atoms with van der Waals surface area (Å²) in [6.07, 6.45) is 2.20. The van der Waals surface area contributed by atoms with Crippen molar-refractivity contribution in [1.82, 2.24) is 10.6 Å². The Morgan fingerprint density at radius 2 is 2.37 bits per heavy atom. The van der Waals surface area contributed by atoms with E-state index in [1.54, 1.807) is 0 Å². The lowest BCUT2D eigenvalue weighted by atomic mass is 9.83. The third-order valence-corrected chi connectivity index (χ3v) is 3.85. The smallest absolute Gasteiger partial charge is 0.252 e. The summed E-state index contributed by atoms with van der Waals surface area (Å²) in [5.41, 5.74) is 0.385. The highest BCUT2D eigenvalue weighted by Gasteiger charge is 2.27. The van der Waals surface area contributed by atoms with Crippen LogP contribution in [0.15, 0.2) is 18.2 Å². The molecule has 0 bridgehead atoms. The fraction of sp³-hybridized carbons (Fsp3) is 0.500. The van der Waals surface area contributed by atoms with Crippen molar-refractivity contribution in [3.05, 3.63) is 34.6 Å². The highest BCUT2D eigenvalue weighted by atomic mass is 35.5. The van der Waals surface area contributed by atoms with Crippen LogP contribution in [-0.2, 0) is 0 Å². The fourth-order valence-corrected chi connectivity index (χ4v) is 2.59. The molecule has 0 aromatic heterocycles. The highest BCUT2D eigenvalue weighted by Crippen LogP contribution is 2.24. The number of hydrogen-bond donors (Lipinski definition) is 2. The minimum Gasteiger partial charge on any atom is -0.351 e. The van der Waals surface area contributed by atoms with E-state index in [1.165, 1.54) is 12.1 Å². The molecule has 19 heavy (non-hydrogen) atoms. The van der Waals surface area contributed by atoms with Gasteiger partial charge in [0.05, 0.1) is 10.6 Å². The van der Waals surface area contributed by atoms with Crippen LogP contribution >= 0.6 is 11.6 Å². The molecule has 1 saturated heterocycles. The lowest BCUT2D eigenvalue weighted by molar-refractivity contribution is 0.0925. The summed E-state index contributed by atoms with van der Waals surface area (Å²) < 4.78 is 12.9. The highest BCUT2D eigenvalue weighted by molar-refractivity contribution is 6.33. The molecule has 1 aromatic rings. The lowest BCUT2D eigenvalue weighted by Crippen LogP contribution is -2.45. The quantitative estimate of drug-likeness (QED) is 0.896. The maximum atomic E-state index is 12.9. The van der Waals surface area contributed by atoms with Gasteiger partial charge in [-0.3, -0.25) is 4.79 Å². The number of hydrogen-bond acceptors (Lipinski definition) is 2. The predicted molar refractivity (Wildman–Crippen MR) is 74.0 cm³/mol. The first kappa shape index (κ1) is 14.3. The van der Waals surface area contributed by atoms with E-state index in [9.17, 15) is 9.18 Å². The van der Waals surface area contributed by atoms with Gasteiger partial charge in [-0.2, -0.15) is 0 Å². The van der Waals surface area contributed by atoms with Gasteiger partial charge in [0, 0.05) is 13.1 Å². The van der Waals surface area contributed by atoms with E-state index in [-0.39, 0.29) is 16.3 Å². The number of nitrogens with one attached hydrogen (secondary N) is 2. The fourth-order valence-electron chi connectivity index (χ4n) is 2.33. The second kappa shape index (κ2) is 5.88. The van der Waals surface area contributed by atoms with Crippen molar-refractivity contribution >= 4 is 17.5 Å². The van der Waals surface area contributed by atoms with E-state index in [4.69, 9.17) is 11.6 Å². The van der Waals surface area contributed by atoms with Crippen molar-refractivity contribution in [3.63, 3.8) is 0 Å². The molecule has 1 aliphatic heterocycles. The van der Waals surface area contributed by atoms with Gasteiger partial charge in [-0.15, -0.1) is 0 Å². The molecule has 1 amide bonds. The average Bonchev–Trinajstić information content (AvgIpc) is 2.37. The summed E-state index contributed by atoms with van der Waals surface area (Å²) in [7, 11) is 0. The van der Waals surface area contributed by atoms with Crippen LogP contribution < -0.4 is 10.6 Å². The number of piperidine rings is 1. The van der Waals surface area contributed by atoms with Crippen molar-refractivity contribution in [3.8, 4) is 0 Å². The number of rotatable bonds is 3. The second-order valence-corrected chi connectivity index (χ2v) is 5.81. The average molecular weight is 285 g/mol. The Labute approximate surface area is 117 Å². The summed E-state index contributed by atoms with van der Waals surface area (Å²) in [5.74, 6) is -0.693. The molecule has 1 aliphatic rings. The van der Waals surface area contributed by atoms with Crippen LogP contribution in [0.3, 0.4) is 0 Å². The molecule has 0 spiro atoms. The molecule has 1 aromatic carbocycles. The van der Waals surface area contributed by atoms with E-state index in [0.717, 1.165) is 32.0 Å². The Morgan fingerprint density at radius 1 is 1.58 bits per heavy atom. The summed E-state index contributed by atoms with van der Waals surface area (Å²) in [4.78, 5) is 12.0. The molecule has 5 heteroatoms. The largest absolute Gasteiger partial charge is 0.351 e. The Kier molecular flexibility index (Phi) is 4.42. The van der Waals surface area contributed by atoms with Gasteiger partial charge in [-0.1, -0.05) is 18.5 Å². The summed E-state index contributed by atoms with van der Waals surface area (Å²) in [5, 5.41) is 6.36. The van der Waals surface area contributed by atoms with Crippen molar-refractivity contribution in [1.29, 1.82) is 0 Å². The molecule has 2 rings (SSSR count). The number of halogens is 2. The van der Waals surface area contributed by atoms with Crippen molar-refractivity contribution in [2.24, 2.45) is 5.41 Å². The zero-order valence-electron chi connectivity index (χ0n) is 10.9. The van der Waals surface area contributed by atoms with Crippen molar-refractivity contribution < 1.29 is 9.18 Å². The molecule has 0 radical (unpaired) electrons. The molecular weight excluding hydrogens is 267 g/mol. The lowest BCUT2D eigenvalue weighted by Gasteiger charge is -2.34. The van der Waals surface area contributed by atoms with Crippen LogP contribution in [0.5, 0.6) is 0 Å². The molecule has 2 N–H and O–H groups in total. The Hall–Kier alpha value is -1.13. The number of benzene rings is 1. The standard InChI is InChI=1S/C14H18ClFN2O/c1-14(5-2-6-17-8-14)9-18-13(19)11-4-3-10(16)7-12(11)15/h3-4,7,17H,2,5-6,8-9H2,1H3,(H,18,19). The summed E-state index contributed by atoms with van der Waals surface area (Å²) in [6, 6.07) is 3.81. The second-order valence-electron chi connectivity index (χ2n) is 5.40. The van der Waals surface area contributed by atoms with Gasteiger partial charge in [0.25, 0.3) is 5.91 Å². The first-order valence-corrected chi connectivity index (χ1v) is 6.82. The minimum atomic E-state index is -0.440. The Bertz CT molecular complexity index is 473. The molecule has 104 valence electrons. The van der Waals surface area contributed by atoms with E-state index in [0.29, 0.717) is 12.1 Å². The monoisotopic (exact) mass is 284 g/mol. The summed E-state index contributed by atoms with van der Waals surface area (Å²) in [6.45, 7) is 4.66. The molecule has 1 heterocycles. The summed E-state index contributed by atoms with van der Waals surface area (Å²) >= 11 is 5.87. The van der Waals surface area contributed by atoms with Gasteiger partial charge in [-0.05, 0) is 43.0 Å². The molecule has 1 atom stereocenters. The van der Waals surface area contributed by atoms with Crippen LogP contribution in [0.1, 0.15) is 30.1 Å². The zero-order chi connectivity index (χ0) is 13.9. The number of carbonyl (C=O) groups excluding carboxylic acids is 1. The number of amides is 1. The first-order valence-electron chi connectivity index (χ1n) is 6.44. The predicted octanol–water partition coefficient (Wildman–Crippen LogP) is 2.60. The normalized spacial score (nSPS) is 23.1. The van der Waals surface area contributed by atoms with E-state index < -0.39 is 5.82 Å². The van der Waals surface area contributed by atoms with E-state index in [2.05, 4.69) is 17.6 Å². The van der Waals surface area contributed by atoms with Gasteiger partial charge in [0.1, 0.15) is 5.82 Å². The third kappa shape index (κ3) is 3.67. The van der Waals surface area contributed by atoms with Crippen LogP contribution in [0.4, 0.5) is 4.39 Å². The molecule has 3 nitrogen and oxygen atoms in total. The SMILES string of the molecule is CC1(CNC(=O)c2ccc(F)cc2Cl)CCCNC1. The van der Waals surface area contributed by atoms with Gasteiger partial charge in [-0.25, -0.2) is 4.39 Å². The van der Waals surface area contributed by atoms with Crippen LogP contribution in [-0.4, -0.2) is 25.5 Å². The molecule has 0 saturated carbocycles. The zero-order valence-corrected chi connectivity index (χ0v) is 11.7. The van der Waals surface area contributed by atoms with E-state index in [1.807, 2.05) is 0 Å². The van der Waals surface area contributed by atoms with Gasteiger partial charge in [0.2, 0.25) is 0 Å². The van der Waals surface area contributed by atoms with Crippen LogP contribution in [0.25, 0.3) is 0 Å². The Balaban J connectivity index is 1.97. The van der Waals surface area contributed by atoms with Gasteiger partial charge < -0.3 is 10.6 Å². The minimum absolute atomic E-state index is 0.0699. The van der Waals surface area contributed by atoms with Crippen molar-refractivity contribution in [2.45, 2.75) is 19.8 Å². The van der Waals surface area contributed by atoms with Gasteiger partial charge >= 0.3 is 0 Å². The maximum absolute atomic E-state index is 12.9. The van der Waals surface area contributed by atoms with Crippen LogP contribution in [0.2, 0.25) is 5.02 Å². The topological polar surface area (TPSA) is 41.1 Å². The molecule has 1 unspecified atom stereocenters. The molecule has 0 aliphatic carbocycles. The maximum Gasteiger partial charge on any atom is 0.252 e.